The number of unbranched alkanes of at least 4 members (excludes halogenated alkanes) is 4. The highest BCUT2D eigenvalue weighted by Gasteiger charge is 2.44. The normalized spacial score (nSPS) is 24.5. The summed E-state index contributed by atoms with van der Waals surface area (Å²) < 4.78 is 5.63. The van der Waals surface area contributed by atoms with Crippen LogP contribution in [0, 0.1) is 11.8 Å². The number of carbonyl (C=O) groups is 2. The fourth-order valence-electron chi connectivity index (χ4n) is 3.73. The van der Waals surface area contributed by atoms with Gasteiger partial charge in [-0.05, 0) is 31.4 Å². The Morgan fingerprint density at radius 2 is 1.82 bits per heavy atom. The van der Waals surface area contributed by atoms with E-state index in [9.17, 15) is 19.8 Å². The average Bonchev–Trinajstić information content (AvgIpc) is 2.95. The summed E-state index contributed by atoms with van der Waals surface area (Å²) in [4.78, 5) is 23.6. The Labute approximate surface area is 165 Å². The van der Waals surface area contributed by atoms with Gasteiger partial charge in [0, 0.05) is 24.9 Å². The van der Waals surface area contributed by atoms with Gasteiger partial charge in [-0.3, -0.25) is 4.79 Å². The molecule has 0 aromatic heterocycles. The second kappa shape index (κ2) is 11.6. The number of rotatable bonds is 11. The fourth-order valence-corrected chi connectivity index (χ4v) is 3.73. The molecule has 0 bridgehead atoms. The van der Waals surface area contributed by atoms with E-state index in [4.69, 9.17) is 9.84 Å². The number of benzene rings is 1. The molecule has 3 N–H and O–H groups in total. The molecular weight excluding hydrogens is 360 g/mol. The summed E-state index contributed by atoms with van der Waals surface area (Å²) in [6, 6.07) is 8.65. The predicted molar refractivity (Wildman–Crippen MR) is 105 cm³/mol. The summed E-state index contributed by atoms with van der Waals surface area (Å²) in [6.07, 6.45) is 7.21. The maximum absolute atomic E-state index is 12.4. The van der Waals surface area contributed by atoms with Crippen LogP contribution in [0.3, 0.4) is 0 Å². The number of carboxylic acid groups (broad SMARTS) is 1. The number of hydrogen-bond donors (Lipinski definition) is 3. The molecule has 28 heavy (non-hydrogen) atoms. The third-order valence-corrected chi connectivity index (χ3v) is 5.21. The first-order chi connectivity index (χ1) is 13.5. The van der Waals surface area contributed by atoms with Gasteiger partial charge >= 0.3 is 11.9 Å². The van der Waals surface area contributed by atoms with Crippen LogP contribution in [-0.2, 0) is 9.53 Å². The van der Waals surface area contributed by atoms with Crippen LogP contribution in [0.15, 0.2) is 42.5 Å². The molecule has 0 heterocycles. The number of aliphatic carboxylic acids is 1. The zero-order chi connectivity index (χ0) is 20.4. The molecule has 0 radical (unpaired) electrons. The summed E-state index contributed by atoms with van der Waals surface area (Å²) >= 11 is 0. The molecule has 1 aromatic rings. The summed E-state index contributed by atoms with van der Waals surface area (Å²) in [5.74, 6) is -2.23. The van der Waals surface area contributed by atoms with Crippen molar-refractivity contribution in [3.8, 4) is 0 Å². The van der Waals surface area contributed by atoms with Crippen LogP contribution in [0.2, 0.25) is 0 Å². The third kappa shape index (κ3) is 6.77. The Hall–Kier alpha value is -2.18. The zero-order valence-electron chi connectivity index (χ0n) is 16.1. The highest BCUT2D eigenvalue weighted by Crippen LogP contribution is 2.38. The predicted octanol–water partition coefficient (Wildman–Crippen LogP) is 3.18. The van der Waals surface area contributed by atoms with Gasteiger partial charge in [0.1, 0.15) is 6.10 Å². The van der Waals surface area contributed by atoms with Crippen LogP contribution in [0.5, 0.6) is 0 Å². The smallest absolute Gasteiger partial charge is 0.338 e. The van der Waals surface area contributed by atoms with Gasteiger partial charge in [0.05, 0.1) is 18.1 Å². The highest BCUT2D eigenvalue weighted by molar-refractivity contribution is 5.89. The quantitative estimate of drug-likeness (QED) is 0.305. The van der Waals surface area contributed by atoms with Gasteiger partial charge < -0.3 is 20.1 Å². The van der Waals surface area contributed by atoms with Crippen LogP contribution in [0.25, 0.3) is 0 Å². The molecule has 1 aliphatic rings. The second-order valence-electron chi connectivity index (χ2n) is 7.31. The lowest BCUT2D eigenvalue weighted by Gasteiger charge is -2.21. The summed E-state index contributed by atoms with van der Waals surface area (Å²) in [7, 11) is 0. The van der Waals surface area contributed by atoms with Gasteiger partial charge in [0.15, 0.2) is 0 Å². The number of allylic oxidation sites excluding steroid dienone is 1. The van der Waals surface area contributed by atoms with Crippen LogP contribution < -0.4 is 0 Å². The van der Waals surface area contributed by atoms with Crippen molar-refractivity contribution in [3.05, 3.63) is 48.0 Å². The van der Waals surface area contributed by atoms with E-state index >= 15 is 0 Å². The minimum atomic E-state index is -0.971. The van der Waals surface area contributed by atoms with E-state index in [1.165, 1.54) is 0 Å². The monoisotopic (exact) mass is 390 g/mol. The van der Waals surface area contributed by atoms with Gasteiger partial charge in [0.2, 0.25) is 0 Å². The molecule has 6 heteroatoms. The first-order valence-corrected chi connectivity index (χ1v) is 9.96. The van der Waals surface area contributed by atoms with Crippen molar-refractivity contribution in [1.29, 1.82) is 0 Å². The minimum absolute atomic E-state index is 0.161. The molecule has 1 fully saturated rings. The lowest BCUT2D eigenvalue weighted by molar-refractivity contribution is -0.139. The fraction of sp³-hybridized carbons (Fsp3) is 0.545. The van der Waals surface area contributed by atoms with Crippen molar-refractivity contribution in [2.24, 2.45) is 11.8 Å². The highest BCUT2D eigenvalue weighted by atomic mass is 16.5. The van der Waals surface area contributed by atoms with E-state index in [0.717, 1.165) is 32.1 Å². The van der Waals surface area contributed by atoms with E-state index in [1.807, 2.05) is 18.2 Å². The molecule has 0 amide bonds. The number of aliphatic hydroxyl groups excluding tert-OH is 2. The minimum Gasteiger partial charge on any atom is -0.481 e. The molecular formula is C22H30O6. The molecule has 154 valence electrons. The molecule has 2 rings (SSSR count). The number of carbonyl (C=O) groups excluding carboxylic acids is 1. The Morgan fingerprint density at radius 1 is 1.11 bits per heavy atom. The first kappa shape index (κ1) is 22.1. The molecule has 0 unspecified atom stereocenters. The summed E-state index contributed by atoms with van der Waals surface area (Å²) in [5.41, 5.74) is 0.435. The maximum Gasteiger partial charge on any atom is 0.338 e. The Morgan fingerprint density at radius 3 is 2.50 bits per heavy atom. The molecule has 0 saturated heterocycles. The Balaban J connectivity index is 2.00. The van der Waals surface area contributed by atoms with Crippen LogP contribution in [-0.4, -0.2) is 46.1 Å². The number of hydrogen-bond acceptors (Lipinski definition) is 5. The van der Waals surface area contributed by atoms with Crippen LogP contribution >= 0.6 is 0 Å². The van der Waals surface area contributed by atoms with Crippen molar-refractivity contribution < 1.29 is 29.6 Å². The van der Waals surface area contributed by atoms with Crippen molar-refractivity contribution in [2.75, 3.05) is 6.61 Å². The Bertz CT molecular complexity index is 642. The van der Waals surface area contributed by atoms with E-state index in [1.54, 1.807) is 24.3 Å². The molecule has 0 spiro atoms. The molecule has 0 aliphatic heterocycles. The number of ether oxygens (including phenoxy) is 1. The van der Waals surface area contributed by atoms with Gasteiger partial charge in [0.25, 0.3) is 0 Å². The lowest BCUT2D eigenvalue weighted by Crippen LogP contribution is -2.26. The standard InChI is InChI=1S/C22H30O6/c23-13-9-4-2-1-3-8-12-17-18(14-21(25)26)19(24)15-20(17)28-22(27)16-10-6-5-7-11-16/h5-8,10-12,17-20,23-24H,1-4,9,13-15H2,(H,25,26)/t17-,18-,19+,20+/m0/s1. The zero-order valence-corrected chi connectivity index (χ0v) is 16.1. The first-order valence-electron chi connectivity index (χ1n) is 9.96. The van der Waals surface area contributed by atoms with Crippen LogP contribution in [0.4, 0.5) is 0 Å². The molecule has 1 saturated carbocycles. The van der Waals surface area contributed by atoms with Crippen molar-refractivity contribution in [2.45, 2.75) is 57.2 Å². The molecule has 4 atom stereocenters. The SMILES string of the molecule is O=C(O)C[C@H]1[C@H](C=CCCCCCCO)[C@H](OC(=O)c2ccccc2)C[C@H]1O. The summed E-state index contributed by atoms with van der Waals surface area (Å²) in [5, 5.41) is 28.3. The molecule has 6 nitrogen and oxygen atoms in total. The van der Waals surface area contributed by atoms with E-state index in [2.05, 4.69) is 0 Å². The van der Waals surface area contributed by atoms with E-state index in [0.29, 0.717) is 5.56 Å². The van der Waals surface area contributed by atoms with Crippen molar-refractivity contribution in [3.63, 3.8) is 0 Å². The van der Waals surface area contributed by atoms with Gasteiger partial charge in [-0.2, -0.15) is 0 Å². The van der Waals surface area contributed by atoms with Gasteiger partial charge in [-0.25, -0.2) is 4.79 Å². The lowest BCUT2D eigenvalue weighted by atomic mass is 9.90. The van der Waals surface area contributed by atoms with Gasteiger partial charge in [-0.1, -0.05) is 43.2 Å². The maximum atomic E-state index is 12.4. The third-order valence-electron chi connectivity index (χ3n) is 5.21. The largest absolute Gasteiger partial charge is 0.481 e. The average molecular weight is 390 g/mol. The number of esters is 1. The number of aliphatic hydroxyl groups is 2. The summed E-state index contributed by atoms with van der Waals surface area (Å²) in [6.45, 7) is 0.209. The van der Waals surface area contributed by atoms with Crippen molar-refractivity contribution in [1.82, 2.24) is 0 Å². The van der Waals surface area contributed by atoms with Crippen molar-refractivity contribution >= 4 is 11.9 Å². The number of carboxylic acids is 1. The molecule has 1 aliphatic carbocycles. The van der Waals surface area contributed by atoms with E-state index in [-0.39, 0.29) is 25.4 Å². The van der Waals surface area contributed by atoms with Crippen LogP contribution in [0.1, 0.15) is 55.3 Å². The topological polar surface area (TPSA) is 104 Å². The second-order valence-corrected chi connectivity index (χ2v) is 7.31. The molecule has 1 aromatic carbocycles. The Kier molecular flexibility index (Phi) is 9.17. The van der Waals surface area contributed by atoms with E-state index < -0.39 is 30.1 Å². The van der Waals surface area contributed by atoms with Gasteiger partial charge in [-0.15, -0.1) is 0 Å².